The van der Waals surface area contributed by atoms with Gasteiger partial charge in [-0.3, -0.25) is 0 Å². The topological polar surface area (TPSA) is 37.8 Å². The summed E-state index contributed by atoms with van der Waals surface area (Å²) in [6.45, 7) is 6.15. The monoisotopic (exact) mass is 245 g/mol. The van der Waals surface area contributed by atoms with Crippen molar-refractivity contribution in [3.8, 4) is 0 Å². The fraction of sp³-hybridized carbons (Fsp3) is 0.286. The molecule has 1 heterocycles. The van der Waals surface area contributed by atoms with E-state index >= 15 is 0 Å². The van der Waals surface area contributed by atoms with E-state index in [2.05, 4.69) is 15.3 Å². The lowest BCUT2D eigenvalue weighted by Gasteiger charge is -2.17. The molecule has 18 heavy (non-hydrogen) atoms. The summed E-state index contributed by atoms with van der Waals surface area (Å²) in [7, 11) is 0. The molecule has 2 rings (SSSR count). The summed E-state index contributed by atoms with van der Waals surface area (Å²) in [5.41, 5.74) is 0.563. The molecule has 0 aliphatic carbocycles. The van der Waals surface area contributed by atoms with Gasteiger partial charge in [-0.2, -0.15) is 0 Å². The standard InChI is InChI=1S/C14H16FN3/c1-14(2,3)13-16-8-7-12(18-13)17-11-6-4-5-10(15)9-11/h4-9H,1-3H3,(H,16,17,18). The predicted molar refractivity (Wildman–Crippen MR) is 70.4 cm³/mol. The summed E-state index contributed by atoms with van der Waals surface area (Å²) < 4.78 is 13.1. The van der Waals surface area contributed by atoms with Crippen LogP contribution in [-0.2, 0) is 5.41 Å². The van der Waals surface area contributed by atoms with Gasteiger partial charge in [-0.15, -0.1) is 0 Å². The van der Waals surface area contributed by atoms with Crippen molar-refractivity contribution in [1.82, 2.24) is 9.97 Å². The van der Waals surface area contributed by atoms with E-state index in [-0.39, 0.29) is 11.2 Å². The molecule has 0 spiro atoms. The van der Waals surface area contributed by atoms with Crippen molar-refractivity contribution in [1.29, 1.82) is 0 Å². The summed E-state index contributed by atoms with van der Waals surface area (Å²) in [5.74, 6) is 1.15. The quantitative estimate of drug-likeness (QED) is 0.877. The molecule has 0 amide bonds. The maximum absolute atomic E-state index is 13.1. The number of aromatic nitrogens is 2. The number of nitrogens with zero attached hydrogens (tertiary/aromatic N) is 2. The molecule has 0 radical (unpaired) electrons. The zero-order valence-corrected chi connectivity index (χ0v) is 10.7. The van der Waals surface area contributed by atoms with E-state index in [0.717, 1.165) is 5.82 Å². The number of nitrogens with one attached hydrogen (secondary N) is 1. The number of rotatable bonds is 2. The molecule has 3 nitrogen and oxygen atoms in total. The van der Waals surface area contributed by atoms with Crippen LogP contribution in [0.5, 0.6) is 0 Å². The van der Waals surface area contributed by atoms with Gasteiger partial charge in [0, 0.05) is 17.3 Å². The Kier molecular flexibility index (Phi) is 3.28. The molecule has 0 aliphatic heterocycles. The summed E-state index contributed by atoms with van der Waals surface area (Å²) in [6, 6.07) is 8.05. The van der Waals surface area contributed by atoms with E-state index in [4.69, 9.17) is 0 Å². The van der Waals surface area contributed by atoms with Gasteiger partial charge in [0.2, 0.25) is 0 Å². The minimum absolute atomic E-state index is 0.111. The van der Waals surface area contributed by atoms with Crippen LogP contribution in [0.2, 0.25) is 0 Å². The smallest absolute Gasteiger partial charge is 0.135 e. The summed E-state index contributed by atoms with van der Waals surface area (Å²) in [5, 5.41) is 3.07. The predicted octanol–water partition coefficient (Wildman–Crippen LogP) is 3.66. The van der Waals surface area contributed by atoms with Gasteiger partial charge in [0.25, 0.3) is 0 Å². The van der Waals surface area contributed by atoms with Crippen LogP contribution in [0, 0.1) is 5.82 Å². The van der Waals surface area contributed by atoms with Gasteiger partial charge in [0.15, 0.2) is 0 Å². The van der Waals surface area contributed by atoms with Crippen LogP contribution in [-0.4, -0.2) is 9.97 Å². The Morgan fingerprint density at radius 1 is 1.17 bits per heavy atom. The van der Waals surface area contributed by atoms with Crippen molar-refractivity contribution in [2.24, 2.45) is 0 Å². The normalized spacial score (nSPS) is 11.3. The van der Waals surface area contributed by atoms with Gasteiger partial charge in [0.05, 0.1) is 0 Å². The first-order valence-corrected chi connectivity index (χ1v) is 5.81. The van der Waals surface area contributed by atoms with E-state index in [1.54, 1.807) is 24.4 Å². The lowest BCUT2D eigenvalue weighted by atomic mass is 9.96. The fourth-order valence-electron chi connectivity index (χ4n) is 1.50. The highest BCUT2D eigenvalue weighted by atomic mass is 19.1. The summed E-state index contributed by atoms with van der Waals surface area (Å²) in [4.78, 5) is 8.67. The van der Waals surface area contributed by atoms with Crippen molar-refractivity contribution >= 4 is 11.5 Å². The van der Waals surface area contributed by atoms with Gasteiger partial charge in [-0.1, -0.05) is 26.8 Å². The van der Waals surface area contributed by atoms with Crippen LogP contribution in [0.4, 0.5) is 15.9 Å². The minimum Gasteiger partial charge on any atom is -0.340 e. The van der Waals surface area contributed by atoms with Crippen molar-refractivity contribution < 1.29 is 4.39 Å². The van der Waals surface area contributed by atoms with Crippen LogP contribution >= 0.6 is 0 Å². The van der Waals surface area contributed by atoms with E-state index in [9.17, 15) is 4.39 Å². The van der Waals surface area contributed by atoms with Gasteiger partial charge in [-0.05, 0) is 24.3 Å². The van der Waals surface area contributed by atoms with Crippen LogP contribution in [0.1, 0.15) is 26.6 Å². The Labute approximate surface area is 106 Å². The maximum Gasteiger partial charge on any atom is 0.135 e. The lowest BCUT2D eigenvalue weighted by molar-refractivity contribution is 0.546. The molecular weight excluding hydrogens is 229 g/mol. The summed E-state index contributed by atoms with van der Waals surface area (Å²) in [6.07, 6.45) is 1.70. The van der Waals surface area contributed by atoms with Crippen LogP contribution in [0.15, 0.2) is 36.5 Å². The third kappa shape index (κ3) is 3.03. The fourth-order valence-corrected chi connectivity index (χ4v) is 1.50. The van der Waals surface area contributed by atoms with Gasteiger partial charge in [-0.25, -0.2) is 14.4 Å². The number of hydrogen-bond donors (Lipinski definition) is 1. The Balaban J connectivity index is 2.25. The van der Waals surface area contributed by atoms with Gasteiger partial charge >= 0.3 is 0 Å². The first-order valence-electron chi connectivity index (χ1n) is 5.81. The highest BCUT2D eigenvalue weighted by molar-refractivity contribution is 5.55. The number of halogens is 1. The zero-order chi connectivity index (χ0) is 13.2. The molecule has 1 aromatic carbocycles. The van der Waals surface area contributed by atoms with Gasteiger partial charge in [0.1, 0.15) is 17.5 Å². The maximum atomic E-state index is 13.1. The van der Waals surface area contributed by atoms with E-state index in [1.807, 2.05) is 20.8 Å². The van der Waals surface area contributed by atoms with Crippen molar-refractivity contribution in [2.75, 3.05) is 5.32 Å². The molecule has 0 unspecified atom stereocenters. The Bertz CT molecular complexity index is 547. The first kappa shape index (κ1) is 12.5. The molecule has 4 heteroatoms. The van der Waals surface area contributed by atoms with E-state index in [1.165, 1.54) is 12.1 Å². The molecule has 0 fully saturated rings. The largest absolute Gasteiger partial charge is 0.340 e. The second-order valence-corrected chi connectivity index (χ2v) is 5.15. The highest BCUT2D eigenvalue weighted by Gasteiger charge is 2.17. The molecular formula is C14H16FN3. The zero-order valence-electron chi connectivity index (χ0n) is 10.7. The first-order chi connectivity index (χ1) is 8.45. The molecule has 1 aromatic heterocycles. The lowest BCUT2D eigenvalue weighted by Crippen LogP contribution is -2.16. The van der Waals surface area contributed by atoms with Crippen molar-refractivity contribution in [2.45, 2.75) is 26.2 Å². The molecule has 0 bridgehead atoms. The average molecular weight is 245 g/mol. The molecule has 0 saturated heterocycles. The third-order valence-corrected chi connectivity index (χ3v) is 2.42. The summed E-state index contributed by atoms with van der Waals surface area (Å²) >= 11 is 0. The molecule has 2 aromatic rings. The third-order valence-electron chi connectivity index (χ3n) is 2.42. The Morgan fingerprint density at radius 3 is 2.61 bits per heavy atom. The molecule has 0 atom stereocenters. The Morgan fingerprint density at radius 2 is 1.94 bits per heavy atom. The van der Waals surface area contributed by atoms with Crippen LogP contribution in [0.25, 0.3) is 0 Å². The molecule has 0 aliphatic rings. The van der Waals surface area contributed by atoms with Crippen LogP contribution < -0.4 is 5.32 Å². The Hall–Kier alpha value is -1.97. The van der Waals surface area contributed by atoms with Gasteiger partial charge < -0.3 is 5.32 Å². The number of benzene rings is 1. The molecule has 94 valence electrons. The number of hydrogen-bond acceptors (Lipinski definition) is 3. The SMILES string of the molecule is CC(C)(C)c1nccc(Nc2cccc(F)c2)n1. The molecule has 0 saturated carbocycles. The van der Waals surface area contributed by atoms with Crippen LogP contribution in [0.3, 0.4) is 0 Å². The highest BCUT2D eigenvalue weighted by Crippen LogP contribution is 2.20. The van der Waals surface area contributed by atoms with Crippen molar-refractivity contribution in [3.63, 3.8) is 0 Å². The molecule has 1 N–H and O–H groups in total. The number of anilines is 2. The van der Waals surface area contributed by atoms with E-state index in [0.29, 0.717) is 11.5 Å². The minimum atomic E-state index is -0.273. The average Bonchev–Trinajstić information content (AvgIpc) is 2.28. The van der Waals surface area contributed by atoms with Crippen molar-refractivity contribution in [3.05, 3.63) is 48.2 Å². The second kappa shape index (κ2) is 4.72. The second-order valence-electron chi connectivity index (χ2n) is 5.15. The van der Waals surface area contributed by atoms with E-state index < -0.39 is 0 Å².